The third-order valence-electron chi connectivity index (χ3n) is 16.9. The first-order valence-electron chi connectivity index (χ1n) is 36.7. The summed E-state index contributed by atoms with van der Waals surface area (Å²) in [7, 11) is 2.69. The molecular formula is C89H73BrCl3N11O19. The summed E-state index contributed by atoms with van der Waals surface area (Å²) in [6.45, 7) is 1.69. The number of hydrogen-bond donors (Lipinski definition) is 7. The van der Waals surface area contributed by atoms with E-state index >= 15 is 0 Å². The van der Waals surface area contributed by atoms with Crippen LogP contribution in [-0.2, 0) is 9.47 Å². The monoisotopic (exact) mass is 1780 g/mol. The molecule has 5 amide bonds. The van der Waals surface area contributed by atoms with Gasteiger partial charge in [0, 0.05) is 41.9 Å². The highest BCUT2D eigenvalue weighted by Crippen LogP contribution is 2.40. The number of aromatic hydroxyl groups is 2. The minimum atomic E-state index is -0.601. The van der Waals surface area contributed by atoms with Crippen LogP contribution in [0.1, 0.15) is 82.9 Å². The third kappa shape index (κ3) is 25.5. The highest BCUT2D eigenvalue weighted by molar-refractivity contribution is 9.09. The first kappa shape index (κ1) is 90.3. The summed E-state index contributed by atoms with van der Waals surface area (Å²) < 4.78 is 43.3. The van der Waals surface area contributed by atoms with Crippen molar-refractivity contribution >= 4 is 126 Å². The van der Waals surface area contributed by atoms with E-state index in [0.29, 0.717) is 110 Å². The molecule has 3 aliphatic rings. The highest BCUT2D eigenvalue weighted by atomic mass is 79.9. The number of aromatic nitrogens is 5. The number of alkyl halides is 1. The molecule has 8 N–H and O–H groups in total. The van der Waals surface area contributed by atoms with Crippen molar-refractivity contribution in [1.29, 1.82) is 0 Å². The van der Waals surface area contributed by atoms with E-state index in [9.17, 15) is 43.5 Å². The minimum Gasteiger partial charge on any atom is -0.506 e. The van der Waals surface area contributed by atoms with E-state index in [4.69, 9.17) is 79.3 Å². The number of para-hydroxylation sites is 10. The molecular weight excluding hydrogens is 1710 g/mol. The van der Waals surface area contributed by atoms with Crippen LogP contribution in [0.15, 0.2) is 286 Å². The topological polar surface area (TPSA) is 404 Å². The van der Waals surface area contributed by atoms with Crippen molar-refractivity contribution in [3.63, 3.8) is 0 Å². The van der Waals surface area contributed by atoms with Crippen LogP contribution in [0.4, 0.5) is 28.4 Å². The number of nitrogens with zero attached hydrogens (tertiary/aromatic N) is 7. The number of esters is 2. The SMILES string of the molecule is COC(=O)c1ccc(OCCBr)cc1.COC(=O)c1ccc(OCCN2C(=O)c3cccnc3Oc3ccccc32)cc1.Nc1ccccc1O.O=C(Cl)c1cccnc1Cl.O=C(NO)c1ccc(OCCN2C(=O)c3cccnc3Oc3ccccc32)cc1.O=C(Nc1ccccc1O)c1cccnc1Cl.O=C1Nc2ccccc2Oc2ncccc21. The van der Waals surface area contributed by atoms with Gasteiger partial charge in [-0.3, -0.25) is 34.0 Å². The number of halogens is 4. The van der Waals surface area contributed by atoms with Crippen molar-refractivity contribution in [1.82, 2.24) is 30.4 Å². The number of benzene rings is 8. The Labute approximate surface area is 726 Å². The number of nitrogen functional groups attached to an aromatic ring is 1. The van der Waals surface area contributed by atoms with Crippen LogP contribution >= 0.6 is 50.7 Å². The second-order valence-electron chi connectivity index (χ2n) is 24.9. The predicted octanol–water partition coefficient (Wildman–Crippen LogP) is 17.2. The van der Waals surface area contributed by atoms with Crippen LogP contribution in [0.5, 0.6) is 63.6 Å². The number of carbonyl (C=O) groups excluding carboxylic acids is 8. The first-order chi connectivity index (χ1) is 59.7. The second-order valence-corrected chi connectivity index (χ2v) is 26.7. The number of pyridine rings is 5. The van der Waals surface area contributed by atoms with E-state index in [1.807, 2.05) is 42.5 Å². The van der Waals surface area contributed by atoms with Crippen molar-refractivity contribution < 1.29 is 91.7 Å². The molecule has 8 aromatic carbocycles. The van der Waals surface area contributed by atoms with Crippen LogP contribution in [0.25, 0.3) is 0 Å². The van der Waals surface area contributed by atoms with E-state index in [1.165, 1.54) is 50.9 Å². The number of methoxy groups -OCH3 is 2. The van der Waals surface area contributed by atoms with E-state index in [0.717, 1.165) is 11.1 Å². The van der Waals surface area contributed by atoms with Crippen molar-refractivity contribution in [3.05, 3.63) is 341 Å². The molecule has 0 saturated carbocycles. The number of amides is 5. The van der Waals surface area contributed by atoms with Crippen molar-refractivity contribution in [2.75, 3.05) is 78.6 Å². The van der Waals surface area contributed by atoms with Crippen LogP contribution in [0, 0.1) is 0 Å². The lowest BCUT2D eigenvalue weighted by atomic mass is 10.2. The number of ether oxygens (including phenoxy) is 8. The zero-order chi connectivity index (χ0) is 87.6. The summed E-state index contributed by atoms with van der Waals surface area (Å²) in [6, 6.07) is 71.2. The zero-order valence-electron chi connectivity index (χ0n) is 65.0. The van der Waals surface area contributed by atoms with Crippen LogP contribution < -0.4 is 60.1 Å². The van der Waals surface area contributed by atoms with Crippen molar-refractivity contribution in [2.45, 2.75) is 0 Å². The highest BCUT2D eigenvalue weighted by Gasteiger charge is 2.31. The molecule has 5 aromatic heterocycles. The molecule has 0 radical (unpaired) electrons. The molecule has 0 atom stereocenters. The fourth-order valence-electron chi connectivity index (χ4n) is 11.0. The summed E-state index contributed by atoms with van der Waals surface area (Å²) in [5, 5.41) is 32.8. The normalized spacial score (nSPS) is 11.3. The summed E-state index contributed by atoms with van der Waals surface area (Å²) in [5.41, 5.74) is 12.5. The van der Waals surface area contributed by atoms with Crippen molar-refractivity contribution in [2.24, 2.45) is 0 Å². The Hall–Kier alpha value is -15.0. The maximum atomic E-state index is 13.1. The lowest BCUT2D eigenvalue weighted by Gasteiger charge is -2.22. The van der Waals surface area contributed by atoms with Gasteiger partial charge in [0.2, 0.25) is 17.6 Å². The van der Waals surface area contributed by atoms with E-state index in [1.54, 1.807) is 222 Å². The Morgan fingerprint density at radius 1 is 0.455 bits per heavy atom. The Morgan fingerprint density at radius 2 is 0.854 bits per heavy atom. The molecule has 0 bridgehead atoms. The average molecular weight is 1790 g/mol. The Morgan fingerprint density at radius 3 is 1.29 bits per heavy atom. The Balaban J connectivity index is 0.000000157. The molecule has 0 unspecified atom stereocenters. The number of hydrogen-bond acceptors (Lipinski definition) is 25. The third-order valence-corrected chi connectivity index (χ3v) is 18.1. The minimum absolute atomic E-state index is 0.000799. The molecule has 3 aliphatic heterocycles. The maximum Gasteiger partial charge on any atom is 0.337 e. The van der Waals surface area contributed by atoms with Gasteiger partial charge in [0.25, 0.3) is 34.8 Å². The standard InChI is InChI=1S/C22H18N2O5.C21H17N3O5.C12H9ClN2O2.C12H8N2O2.C10H11BrO3.C6H3Cl2NO.C6H7NO/c1-27-22(26)15-8-10-16(11-9-15)28-14-13-24-18-6-2-3-7-19(18)29-20-17(21(24)25)5-4-12-23-20;25-19(23-27)14-7-9-15(10-8-14)28-13-12-24-17-5-1-2-6-18(17)29-20-16(21(24)26)4-3-11-22-20;13-11-8(4-3-7-14-11)12(17)15-9-5-1-2-6-10(9)16;15-11-8-4-3-7-13-12(8)16-10-6-2-1-5-9(10)14-11;1-13-10(12)8-2-4-9(5-3-8)14-7-6-11;7-5-4(6(8)10)2-1-3-9-5;7-5-3-1-2-4-6(5)8/h2-12H,13-14H2,1H3;1-11,27H,12-13H2,(H,23,25);1-7,16H,(H,15,17);1-7H,(H,14,15);2-5H,6-7H2,1H3;1-3H;1-4,8H,7H2. The lowest BCUT2D eigenvalue weighted by Crippen LogP contribution is -2.34. The summed E-state index contributed by atoms with van der Waals surface area (Å²) in [4.78, 5) is 117. The van der Waals surface area contributed by atoms with Gasteiger partial charge in [0.05, 0.1) is 84.6 Å². The number of carbonyl (C=O) groups is 8. The molecule has 13 aromatic rings. The summed E-state index contributed by atoms with van der Waals surface area (Å²) >= 11 is 19.7. The van der Waals surface area contributed by atoms with Crippen LogP contribution in [0.2, 0.25) is 10.3 Å². The number of fused-ring (bicyclic) bond motifs is 6. The van der Waals surface area contributed by atoms with E-state index < -0.39 is 23.0 Å². The van der Waals surface area contributed by atoms with Crippen LogP contribution in [-0.4, -0.2) is 140 Å². The van der Waals surface area contributed by atoms with Crippen molar-refractivity contribution in [3.8, 4) is 63.6 Å². The lowest BCUT2D eigenvalue weighted by molar-refractivity contribution is 0.0591. The van der Waals surface area contributed by atoms with Gasteiger partial charge in [-0.1, -0.05) is 99.8 Å². The quantitative estimate of drug-likeness (QED) is 0.00650. The zero-order valence-corrected chi connectivity index (χ0v) is 68.8. The molecule has 0 fully saturated rings. The van der Waals surface area contributed by atoms with Gasteiger partial charge in [-0.25, -0.2) is 40.0 Å². The summed E-state index contributed by atoms with van der Waals surface area (Å²) in [5.74, 6) is 2.22. The number of anilines is 5. The van der Waals surface area contributed by atoms with Gasteiger partial charge in [-0.05, 0) is 206 Å². The van der Waals surface area contributed by atoms with Gasteiger partial charge in [0.15, 0.2) is 17.2 Å². The Kier molecular flexibility index (Phi) is 33.6. The molecule has 0 spiro atoms. The van der Waals surface area contributed by atoms with E-state index in [2.05, 4.69) is 61.0 Å². The number of phenols is 2. The number of rotatable bonds is 17. The molecule has 16 rings (SSSR count). The fraction of sp³-hybridized carbons (Fsp3) is 0.0899. The van der Waals surface area contributed by atoms with Gasteiger partial charge in [0.1, 0.15) is 69.0 Å². The summed E-state index contributed by atoms with van der Waals surface area (Å²) in [6.07, 6.45) is 7.75. The molecule has 30 nitrogen and oxygen atoms in total. The number of hydroxylamine groups is 1. The molecule has 0 aliphatic carbocycles. The average Bonchev–Trinajstić information content (AvgIpc) is 1.57. The van der Waals surface area contributed by atoms with Gasteiger partial charge in [-0.15, -0.1) is 0 Å². The number of nitrogens with one attached hydrogen (secondary N) is 3. The Bertz CT molecular complexity index is 5660. The predicted molar refractivity (Wildman–Crippen MR) is 462 cm³/mol. The fourth-order valence-corrected chi connectivity index (χ4v) is 11.7. The second kappa shape index (κ2) is 45.8. The number of nitrogens with two attached hydrogens (primary N) is 1. The number of phenolic OH excluding ortho intramolecular Hbond substituents is 2. The molecule has 0 saturated heterocycles. The smallest absolute Gasteiger partial charge is 0.337 e. The van der Waals surface area contributed by atoms with Crippen LogP contribution in [0.3, 0.4) is 0 Å². The molecule has 626 valence electrons. The van der Waals surface area contributed by atoms with Gasteiger partial charge < -0.3 is 74.3 Å². The molecule has 34 heteroatoms. The van der Waals surface area contributed by atoms with E-state index in [-0.39, 0.29) is 88.1 Å². The van der Waals surface area contributed by atoms with Gasteiger partial charge >= 0.3 is 11.9 Å². The van der Waals surface area contributed by atoms with Gasteiger partial charge in [-0.2, -0.15) is 0 Å². The molecule has 8 heterocycles. The maximum absolute atomic E-state index is 13.1. The first-order valence-corrected chi connectivity index (χ1v) is 38.9. The molecule has 123 heavy (non-hydrogen) atoms. The largest absolute Gasteiger partial charge is 0.506 e.